The fourth-order valence-electron chi connectivity index (χ4n) is 3.52. The Bertz CT molecular complexity index is 1250. The predicted molar refractivity (Wildman–Crippen MR) is 108 cm³/mol. The molecule has 1 amide bonds. The van der Waals surface area contributed by atoms with E-state index in [-0.39, 0.29) is 11.6 Å². The van der Waals surface area contributed by atoms with E-state index < -0.39 is 7.12 Å². The zero-order valence-corrected chi connectivity index (χ0v) is 15.5. The van der Waals surface area contributed by atoms with Gasteiger partial charge in [0.2, 0.25) is 0 Å². The van der Waals surface area contributed by atoms with Crippen molar-refractivity contribution in [3.8, 4) is 5.69 Å². The summed E-state index contributed by atoms with van der Waals surface area (Å²) in [7, 11) is -0.911. The molecule has 1 aliphatic heterocycles. The van der Waals surface area contributed by atoms with E-state index in [0.717, 1.165) is 22.2 Å². The minimum atomic E-state index is -0.911. The van der Waals surface area contributed by atoms with Gasteiger partial charge in [0.25, 0.3) is 5.91 Å². The second-order valence-corrected chi connectivity index (χ2v) is 6.82. The molecule has 0 radical (unpaired) electrons. The molecule has 0 unspecified atom stereocenters. The van der Waals surface area contributed by atoms with Gasteiger partial charge in [0.05, 0.1) is 23.5 Å². The van der Waals surface area contributed by atoms with Crippen LogP contribution in [0.5, 0.6) is 0 Å². The van der Waals surface area contributed by atoms with E-state index >= 15 is 0 Å². The molecule has 0 saturated heterocycles. The Morgan fingerprint density at radius 2 is 2.10 bits per heavy atom. The molecule has 0 saturated carbocycles. The Balaban J connectivity index is 1.46. The molecule has 1 aliphatic rings. The normalized spacial score (nSPS) is 13.0. The molecule has 4 aromatic rings. The molecule has 9 heteroatoms. The van der Waals surface area contributed by atoms with E-state index in [1.807, 2.05) is 30.3 Å². The molecule has 0 bridgehead atoms. The standard InChI is InChI=1S/C20H16BN5O3/c1-12-18(20(27)23-15-7-8-16-14(10-15)11-29-21(16)28)24-25-26(12)17-6-2-4-13-5-3-9-22-19(13)17/h2-10,28H,11H2,1H3,(H,23,27). The molecule has 8 nitrogen and oxygen atoms in total. The fourth-order valence-corrected chi connectivity index (χ4v) is 3.52. The highest BCUT2D eigenvalue weighted by atomic mass is 16.5. The lowest BCUT2D eigenvalue weighted by Crippen LogP contribution is -2.28. The number of hydrogen-bond donors (Lipinski definition) is 2. The van der Waals surface area contributed by atoms with E-state index in [4.69, 9.17) is 4.65 Å². The molecule has 0 spiro atoms. The first-order valence-electron chi connectivity index (χ1n) is 9.12. The third kappa shape index (κ3) is 2.97. The zero-order valence-electron chi connectivity index (χ0n) is 15.5. The molecule has 2 aromatic carbocycles. The Kier molecular flexibility index (Phi) is 4.11. The summed E-state index contributed by atoms with van der Waals surface area (Å²) in [6.07, 6.45) is 1.72. The molecule has 3 heterocycles. The monoisotopic (exact) mass is 385 g/mol. The lowest BCUT2D eigenvalue weighted by molar-refractivity contribution is 0.102. The third-order valence-electron chi connectivity index (χ3n) is 5.01. The SMILES string of the molecule is Cc1c(C(=O)Nc2ccc3c(c2)COB3O)nnn1-c1cccc2cccnc12. The molecule has 142 valence electrons. The van der Waals surface area contributed by atoms with Gasteiger partial charge in [0, 0.05) is 17.3 Å². The molecule has 0 aliphatic carbocycles. The van der Waals surface area contributed by atoms with Crippen molar-refractivity contribution in [1.82, 2.24) is 20.0 Å². The van der Waals surface area contributed by atoms with Gasteiger partial charge in [0.1, 0.15) is 0 Å². The number of nitrogens with one attached hydrogen (secondary N) is 1. The number of para-hydroxylation sites is 1. The summed E-state index contributed by atoms with van der Waals surface area (Å²) in [5, 5.41) is 21.8. The lowest BCUT2D eigenvalue weighted by atomic mass is 9.79. The van der Waals surface area contributed by atoms with E-state index in [0.29, 0.717) is 23.5 Å². The summed E-state index contributed by atoms with van der Waals surface area (Å²) in [5.41, 5.74) is 4.55. The molecule has 5 rings (SSSR count). The molecular weight excluding hydrogens is 369 g/mol. The number of carbonyl (C=O) groups excluding carboxylic acids is 1. The number of anilines is 1. The molecule has 0 atom stereocenters. The van der Waals surface area contributed by atoms with Crippen molar-refractivity contribution >= 4 is 35.1 Å². The van der Waals surface area contributed by atoms with Crippen LogP contribution < -0.4 is 10.8 Å². The number of benzene rings is 2. The number of fused-ring (bicyclic) bond motifs is 2. The topological polar surface area (TPSA) is 102 Å². The van der Waals surface area contributed by atoms with Gasteiger partial charge in [-0.3, -0.25) is 9.78 Å². The predicted octanol–water partition coefficient (Wildman–Crippen LogP) is 1.59. The number of pyridine rings is 1. The minimum Gasteiger partial charge on any atom is -0.423 e. The average Bonchev–Trinajstić information content (AvgIpc) is 3.30. The highest BCUT2D eigenvalue weighted by molar-refractivity contribution is 6.61. The molecule has 2 aromatic heterocycles. The maximum absolute atomic E-state index is 12.8. The van der Waals surface area contributed by atoms with Gasteiger partial charge >= 0.3 is 7.12 Å². The van der Waals surface area contributed by atoms with Crippen LogP contribution in [0, 0.1) is 6.92 Å². The van der Waals surface area contributed by atoms with E-state index in [2.05, 4.69) is 20.6 Å². The van der Waals surface area contributed by atoms with Crippen molar-refractivity contribution in [2.24, 2.45) is 0 Å². The van der Waals surface area contributed by atoms with Crippen LogP contribution in [0.3, 0.4) is 0 Å². The van der Waals surface area contributed by atoms with Crippen LogP contribution in [0.4, 0.5) is 5.69 Å². The number of hydrogen-bond acceptors (Lipinski definition) is 6. The van der Waals surface area contributed by atoms with Crippen molar-refractivity contribution in [3.63, 3.8) is 0 Å². The van der Waals surface area contributed by atoms with E-state index in [9.17, 15) is 9.82 Å². The van der Waals surface area contributed by atoms with Gasteiger partial charge in [-0.15, -0.1) is 5.10 Å². The summed E-state index contributed by atoms with van der Waals surface area (Å²) in [5.74, 6) is -0.360. The van der Waals surface area contributed by atoms with Gasteiger partial charge in [0.15, 0.2) is 5.69 Å². The lowest BCUT2D eigenvalue weighted by Gasteiger charge is -2.08. The smallest absolute Gasteiger partial charge is 0.423 e. The van der Waals surface area contributed by atoms with Crippen LogP contribution in [0.2, 0.25) is 0 Å². The zero-order chi connectivity index (χ0) is 20.0. The first kappa shape index (κ1) is 17.5. The fraction of sp³-hybridized carbons (Fsp3) is 0.100. The molecular formula is C20H16BN5O3. The van der Waals surface area contributed by atoms with Gasteiger partial charge in [-0.1, -0.05) is 29.5 Å². The van der Waals surface area contributed by atoms with Crippen LogP contribution in [0.1, 0.15) is 21.7 Å². The van der Waals surface area contributed by atoms with Crippen LogP contribution >= 0.6 is 0 Å². The summed E-state index contributed by atoms with van der Waals surface area (Å²) in [4.78, 5) is 17.2. The Labute approximate surface area is 166 Å². The molecule has 2 N–H and O–H groups in total. The molecule has 29 heavy (non-hydrogen) atoms. The van der Waals surface area contributed by atoms with Gasteiger partial charge in [-0.05, 0) is 42.2 Å². The molecule has 0 fully saturated rings. The average molecular weight is 385 g/mol. The van der Waals surface area contributed by atoms with Gasteiger partial charge in [-0.25, -0.2) is 4.68 Å². The van der Waals surface area contributed by atoms with Crippen molar-refractivity contribution < 1.29 is 14.5 Å². The third-order valence-corrected chi connectivity index (χ3v) is 5.01. The largest absolute Gasteiger partial charge is 0.491 e. The number of rotatable bonds is 3. The van der Waals surface area contributed by atoms with Crippen molar-refractivity contribution in [2.75, 3.05) is 5.32 Å². The quantitative estimate of drug-likeness (QED) is 0.520. The number of aromatic nitrogens is 4. The highest BCUT2D eigenvalue weighted by Gasteiger charge is 2.27. The second kappa shape index (κ2) is 6.80. The van der Waals surface area contributed by atoms with Crippen LogP contribution in [-0.4, -0.2) is 38.0 Å². The maximum atomic E-state index is 12.8. The van der Waals surface area contributed by atoms with Crippen LogP contribution in [0.15, 0.2) is 54.7 Å². The van der Waals surface area contributed by atoms with Crippen LogP contribution in [0.25, 0.3) is 16.6 Å². The van der Waals surface area contributed by atoms with Crippen molar-refractivity contribution in [3.05, 3.63) is 71.7 Å². The number of carbonyl (C=O) groups is 1. The summed E-state index contributed by atoms with van der Waals surface area (Å²) in [6, 6.07) is 14.9. The first-order valence-corrected chi connectivity index (χ1v) is 9.12. The second-order valence-electron chi connectivity index (χ2n) is 6.82. The summed E-state index contributed by atoms with van der Waals surface area (Å²) < 4.78 is 6.81. The Morgan fingerprint density at radius 3 is 3.00 bits per heavy atom. The van der Waals surface area contributed by atoms with Crippen molar-refractivity contribution in [1.29, 1.82) is 0 Å². The summed E-state index contributed by atoms with van der Waals surface area (Å²) in [6.45, 7) is 2.10. The van der Waals surface area contributed by atoms with E-state index in [1.165, 1.54) is 0 Å². The van der Waals surface area contributed by atoms with Crippen molar-refractivity contribution in [2.45, 2.75) is 13.5 Å². The van der Waals surface area contributed by atoms with Gasteiger partial charge < -0.3 is 15.0 Å². The minimum absolute atomic E-state index is 0.231. The number of nitrogens with zero attached hydrogens (tertiary/aromatic N) is 4. The summed E-state index contributed by atoms with van der Waals surface area (Å²) >= 11 is 0. The Morgan fingerprint density at radius 1 is 1.24 bits per heavy atom. The first-order chi connectivity index (χ1) is 14.1. The van der Waals surface area contributed by atoms with E-state index in [1.54, 1.807) is 36.0 Å². The number of amides is 1. The highest BCUT2D eigenvalue weighted by Crippen LogP contribution is 2.22. The van der Waals surface area contributed by atoms with Gasteiger partial charge in [-0.2, -0.15) is 0 Å². The van der Waals surface area contributed by atoms with Crippen LogP contribution in [-0.2, 0) is 11.3 Å². The Hall–Kier alpha value is -3.56. The maximum Gasteiger partial charge on any atom is 0.491 e.